The zero-order valence-corrected chi connectivity index (χ0v) is 12.6. The van der Waals surface area contributed by atoms with E-state index in [0.717, 1.165) is 37.3 Å². The van der Waals surface area contributed by atoms with Gasteiger partial charge >= 0.3 is 0 Å². The number of aromatic nitrogens is 2. The Bertz CT molecular complexity index is 519. The van der Waals surface area contributed by atoms with Gasteiger partial charge in [-0.25, -0.2) is 0 Å². The summed E-state index contributed by atoms with van der Waals surface area (Å²) in [6, 6.07) is 2.00. The van der Waals surface area contributed by atoms with Gasteiger partial charge in [-0.2, -0.15) is 5.10 Å². The van der Waals surface area contributed by atoms with Crippen LogP contribution in [0.15, 0.2) is 6.07 Å². The van der Waals surface area contributed by atoms with Crippen molar-refractivity contribution in [3.63, 3.8) is 0 Å². The molecule has 21 heavy (non-hydrogen) atoms. The molecule has 0 spiro atoms. The molecule has 0 bridgehead atoms. The second-order valence-corrected chi connectivity index (χ2v) is 5.55. The molecule has 1 aromatic heterocycles. The van der Waals surface area contributed by atoms with Gasteiger partial charge in [-0.3, -0.25) is 14.3 Å². The zero-order valence-electron chi connectivity index (χ0n) is 12.6. The molecule has 7 heteroatoms. The summed E-state index contributed by atoms with van der Waals surface area (Å²) in [5.41, 5.74) is 7.11. The summed E-state index contributed by atoms with van der Waals surface area (Å²) >= 11 is 0. The normalized spacial score (nSPS) is 15.9. The molecule has 2 rings (SSSR count). The molecule has 3 N–H and O–H groups in total. The largest absolute Gasteiger partial charge is 0.368 e. The van der Waals surface area contributed by atoms with Crippen LogP contribution in [0, 0.1) is 13.8 Å². The molecule has 1 aliphatic rings. The minimum absolute atomic E-state index is 0.0250. The standard InChI is InChI=1S/C14H23N5O2/c1-10-7-11(2)19(17-10)9-14(21)18(8-13(15)20)12-3-5-16-6-4-12/h7,12,16H,3-6,8-9H2,1-2H3,(H2,15,20). The van der Waals surface area contributed by atoms with Gasteiger partial charge in [0.1, 0.15) is 6.54 Å². The molecular formula is C14H23N5O2. The van der Waals surface area contributed by atoms with E-state index in [1.165, 1.54) is 0 Å². The molecule has 1 aliphatic heterocycles. The minimum Gasteiger partial charge on any atom is -0.368 e. The highest BCUT2D eigenvalue weighted by atomic mass is 16.2. The lowest BCUT2D eigenvalue weighted by atomic mass is 10.0. The summed E-state index contributed by atoms with van der Waals surface area (Å²) in [5.74, 6) is -0.581. The Morgan fingerprint density at radius 2 is 2.10 bits per heavy atom. The van der Waals surface area contributed by atoms with E-state index in [2.05, 4.69) is 10.4 Å². The summed E-state index contributed by atoms with van der Waals surface area (Å²) in [7, 11) is 0. The summed E-state index contributed by atoms with van der Waals surface area (Å²) in [6.07, 6.45) is 1.69. The number of aryl methyl sites for hydroxylation is 2. The lowest BCUT2D eigenvalue weighted by molar-refractivity contribution is -0.138. The SMILES string of the molecule is Cc1cc(C)n(CC(=O)N(CC(N)=O)C2CCNCC2)n1. The first-order chi connectivity index (χ1) is 9.97. The van der Waals surface area contributed by atoms with Crippen molar-refractivity contribution in [3.8, 4) is 0 Å². The maximum absolute atomic E-state index is 12.5. The third-order valence-electron chi connectivity index (χ3n) is 3.78. The van der Waals surface area contributed by atoms with Crippen molar-refractivity contribution in [3.05, 3.63) is 17.5 Å². The van der Waals surface area contributed by atoms with Crippen LogP contribution < -0.4 is 11.1 Å². The average molecular weight is 293 g/mol. The van der Waals surface area contributed by atoms with Crippen molar-refractivity contribution in [2.45, 2.75) is 39.3 Å². The predicted octanol–water partition coefficient (Wildman–Crippen LogP) is -0.434. The molecule has 116 valence electrons. The summed E-state index contributed by atoms with van der Waals surface area (Å²) in [4.78, 5) is 25.4. The molecule has 0 aromatic carbocycles. The fourth-order valence-corrected chi connectivity index (χ4v) is 2.76. The third-order valence-corrected chi connectivity index (χ3v) is 3.78. The molecule has 2 amide bonds. The van der Waals surface area contributed by atoms with Gasteiger partial charge in [0.05, 0.1) is 12.2 Å². The highest BCUT2D eigenvalue weighted by Gasteiger charge is 2.27. The Hall–Kier alpha value is -1.89. The number of primary amides is 1. The van der Waals surface area contributed by atoms with Crippen molar-refractivity contribution in [2.24, 2.45) is 5.73 Å². The van der Waals surface area contributed by atoms with E-state index >= 15 is 0 Å². The molecule has 0 unspecified atom stereocenters. The molecule has 0 atom stereocenters. The molecule has 2 heterocycles. The van der Waals surface area contributed by atoms with Gasteiger partial charge in [-0.1, -0.05) is 0 Å². The predicted molar refractivity (Wildman–Crippen MR) is 78.5 cm³/mol. The lowest BCUT2D eigenvalue weighted by Gasteiger charge is -2.34. The second kappa shape index (κ2) is 6.71. The maximum Gasteiger partial charge on any atom is 0.245 e. The number of amides is 2. The van der Waals surface area contributed by atoms with Crippen LogP contribution in [0.5, 0.6) is 0 Å². The van der Waals surface area contributed by atoms with Gasteiger partial charge in [0.15, 0.2) is 0 Å². The van der Waals surface area contributed by atoms with Crippen LogP contribution in [0.25, 0.3) is 0 Å². The van der Waals surface area contributed by atoms with E-state index in [1.54, 1.807) is 9.58 Å². The Kier molecular flexibility index (Phi) is 4.95. The molecule has 7 nitrogen and oxygen atoms in total. The fourth-order valence-electron chi connectivity index (χ4n) is 2.76. The fraction of sp³-hybridized carbons (Fsp3) is 0.643. The van der Waals surface area contributed by atoms with Gasteiger partial charge in [0, 0.05) is 11.7 Å². The Labute approximate surface area is 124 Å². The number of nitrogens with two attached hydrogens (primary N) is 1. The molecule has 0 saturated carbocycles. The third kappa shape index (κ3) is 4.04. The monoisotopic (exact) mass is 293 g/mol. The smallest absolute Gasteiger partial charge is 0.245 e. The summed E-state index contributed by atoms with van der Waals surface area (Å²) in [6.45, 7) is 5.64. The minimum atomic E-state index is -0.477. The van der Waals surface area contributed by atoms with Crippen LogP contribution in [0.4, 0.5) is 0 Å². The second-order valence-electron chi connectivity index (χ2n) is 5.55. The Morgan fingerprint density at radius 3 is 2.62 bits per heavy atom. The van der Waals surface area contributed by atoms with Gasteiger partial charge in [-0.15, -0.1) is 0 Å². The van der Waals surface area contributed by atoms with Crippen LogP contribution in [-0.4, -0.2) is 52.2 Å². The van der Waals surface area contributed by atoms with Crippen LogP contribution in [0.3, 0.4) is 0 Å². The van der Waals surface area contributed by atoms with Crippen molar-refractivity contribution < 1.29 is 9.59 Å². The summed E-state index contributed by atoms with van der Waals surface area (Å²) < 4.78 is 1.67. The van der Waals surface area contributed by atoms with Gasteiger partial charge < -0.3 is 16.0 Å². The van der Waals surface area contributed by atoms with E-state index in [1.807, 2.05) is 19.9 Å². The van der Waals surface area contributed by atoms with Crippen LogP contribution >= 0.6 is 0 Å². The molecule has 1 saturated heterocycles. The maximum atomic E-state index is 12.5. The highest BCUT2D eigenvalue weighted by Crippen LogP contribution is 2.13. The number of hydrogen-bond donors (Lipinski definition) is 2. The van der Waals surface area contributed by atoms with Crippen LogP contribution in [0.1, 0.15) is 24.2 Å². The lowest BCUT2D eigenvalue weighted by Crippen LogP contribution is -2.50. The first-order valence-electron chi connectivity index (χ1n) is 7.27. The topological polar surface area (TPSA) is 93.3 Å². The van der Waals surface area contributed by atoms with E-state index in [9.17, 15) is 9.59 Å². The number of carbonyl (C=O) groups excluding carboxylic acids is 2. The average Bonchev–Trinajstić information content (AvgIpc) is 2.75. The van der Waals surface area contributed by atoms with Gasteiger partial charge in [0.25, 0.3) is 0 Å². The van der Waals surface area contributed by atoms with Crippen LogP contribution in [0.2, 0.25) is 0 Å². The number of carbonyl (C=O) groups is 2. The van der Waals surface area contributed by atoms with Crippen molar-refractivity contribution in [1.82, 2.24) is 20.0 Å². The van der Waals surface area contributed by atoms with Crippen LogP contribution in [-0.2, 0) is 16.1 Å². The van der Waals surface area contributed by atoms with Crippen molar-refractivity contribution in [1.29, 1.82) is 0 Å². The van der Waals surface area contributed by atoms with Gasteiger partial charge in [0.2, 0.25) is 11.8 Å². The number of hydrogen-bond acceptors (Lipinski definition) is 4. The number of nitrogens with one attached hydrogen (secondary N) is 1. The van der Waals surface area contributed by atoms with Gasteiger partial charge in [-0.05, 0) is 45.8 Å². The zero-order chi connectivity index (χ0) is 15.4. The van der Waals surface area contributed by atoms with E-state index in [4.69, 9.17) is 5.73 Å². The molecular weight excluding hydrogens is 270 g/mol. The van der Waals surface area contributed by atoms with E-state index < -0.39 is 5.91 Å². The van der Waals surface area contributed by atoms with E-state index in [0.29, 0.717) is 0 Å². The highest BCUT2D eigenvalue weighted by molar-refractivity contribution is 5.84. The number of rotatable bonds is 5. The summed E-state index contributed by atoms with van der Waals surface area (Å²) in [5, 5.41) is 7.55. The first-order valence-corrected chi connectivity index (χ1v) is 7.27. The van der Waals surface area contributed by atoms with Crippen molar-refractivity contribution >= 4 is 11.8 Å². The molecule has 1 fully saturated rings. The molecule has 0 aliphatic carbocycles. The Balaban J connectivity index is 2.09. The first kappa shape index (κ1) is 15.5. The Morgan fingerprint density at radius 1 is 1.43 bits per heavy atom. The number of nitrogens with zero attached hydrogens (tertiary/aromatic N) is 3. The quantitative estimate of drug-likeness (QED) is 0.770. The van der Waals surface area contributed by atoms with E-state index in [-0.39, 0.29) is 25.0 Å². The molecule has 0 radical (unpaired) electrons. The number of piperidine rings is 1. The molecule has 1 aromatic rings. The van der Waals surface area contributed by atoms with Crippen molar-refractivity contribution in [2.75, 3.05) is 19.6 Å².